The molecule has 0 aliphatic rings. The van der Waals surface area contributed by atoms with Crippen LogP contribution in [0.3, 0.4) is 0 Å². The maximum absolute atomic E-state index is 11.6. The minimum atomic E-state index is -0.121. The van der Waals surface area contributed by atoms with E-state index in [1.807, 2.05) is 36.4 Å². The SMILES string of the molecule is COc1ccccc1-c1ccc(OC)c2oc(C(C)=O)cc12. The van der Waals surface area contributed by atoms with Crippen molar-refractivity contribution >= 4 is 16.8 Å². The van der Waals surface area contributed by atoms with Crippen LogP contribution in [0.1, 0.15) is 17.5 Å². The Bertz CT molecular complexity index is 845. The first kappa shape index (κ1) is 14.2. The van der Waals surface area contributed by atoms with Gasteiger partial charge in [-0.2, -0.15) is 0 Å². The lowest BCUT2D eigenvalue weighted by Gasteiger charge is -2.10. The van der Waals surface area contributed by atoms with Gasteiger partial charge < -0.3 is 13.9 Å². The molecule has 0 spiro atoms. The number of benzene rings is 2. The Kier molecular flexibility index (Phi) is 3.59. The standard InChI is InChI=1S/C18H16O4/c1-11(19)17-10-14-12(8-9-16(21-3)18(14)22-17)13-6-4-5-7-15(13)20-2/h4-10H,1-3H3. The number of ketones is 1. The van der Waals surface area contributed by atoms with Gasteiger partial charge in [-0.1, -0.05) is 18.2 Å². The number of methoxy groups -OCH3 is 2. The summed E-state index contributed by atoms with van der Waals surface area (Å²) in [6.07, 6.45) is 0. The van der Waals surface area contributed by atoms with Crippen molar-refractivity contribution in [1.82, 2.24) is 0 Å². The average Bonchev–Trinajstić information content (AvgIpc) is 2.99. The summed E-state index contributed by atoms with van der Waals surface area (Å²) >= 11 is 0. The molecule has 3 rings (SSSR count). The Morgan fingerprint density at radius 2 is 1.68 bits per heavy atom. The third kappa shape index (κ3) is 2.22. The summed E-state index contributed by atoms with van der Waals surface area (Å²) < 4.78 is 16.4. The van der Waals surface area contributed by atoms with Crippen LogP contribution in [-0.2, 0) is 0 Å². The Labute approximate surface area is 128 Å². The highest BCUT2D eigenvalue weighted by atomic mass is 16.5. The lowest BCUT2D eigenvalue weighted by Crippen LogP contribution is -1.89. The molecular formula is C18H16O4. The van der Waals surface area contributed by atoms with Crippen molar-refractivity contribution in [3.05, 3.63) is 48.2 Å². The highest BCUT2D eigenvalue weighted by molar-refractivity contribution is 6.03. The summed E-state index contributed by atoms with van der Waals surface area (Å²) in [6, 6.07) is 13.3. The molecule has 0 N–H and O–H groups in total. The molecule has 2 aromatic carbocycles. The molecule has 1 aromatic heterocycles. The quantitative estimate of drug-likeness (QED) is 0.673. The zero-order valence-corrected chi connectivity index (χ0v) is 12.7. The number of hydrogen-bond acceptors (Lipinski definition) is 4. The van der Waals surface area contributed by atoms with Gasteiger partial charge in [0, 0.05) is 17.9 Å². The number of Topliss-reactive ketones (excluding diaryl/α,β-unsaturated/α-hetero) is 1. The second-order valence-electron chi connectivity index (χ2n) is 4.93. The number of carbonyl (C=O) groups is 1. The molecule has 4 nitrogen and oxygen atoms in total. The van der Waals surface area contributed by atoms with Gasteiger partial charge in [0.2, 0.25) is 0 Å². The number of ether oxygens (including phenoxy) is 2. The van der Waals surface area contributed by atoms with Crippen LogP contribution in [0.25, 0.3) is 22.1 Å². The molecule has 0 saturated heterocycles. The van der Waals surface area contributed by atoms with Crippen molar-refractivity contribution in [3.63, 3.8) is 0 Å². The fraction of sp³-hybridized carbons (Fsp3) is 0.167. The molecule has 0 fully saturated rings. The van der Waals surface area contributed by atoms with Gasteiger partial charge in [-0.3, -0.25) is 4.79 Å². The van der Waals surface area contributed by atoms with E-state index in [9.17, 15) is 4.79 Å². The van der Waals surface area contributed by atoms with Gasteiger partial charge in [0.1, 0.15) is 5.75 Å². The van der Waals surface area contributed by atoms with Crippen LogP contribution in [0.5, 0.6) is 11.5 Å². The molecule has 0 saturated carbocycles. The second kappa shape index (κ2) is 5.56. The van der Waals surface area contributed by atoms with Gasteiger partial charge >= 0.3 is 0 Å². The van der Waals surface area contributed by atoms with Crippen LogP contribution in [0, 0.1) is 0 Å². The van der Waals surface area contributed by atoms with Crippen molar-refractivity contribution in [2.45, 2.75) is 6.92 Å². The summed E-state index contributed by atoms with van der Waals surface area (Å²) in [5, 5.41) is 0.828. The number of furan rings is 1. The van der Waals surface area contributed by atoms with Crippen LogP contribution in [0.15, 0.2) is 46.9 Å². The van der Waals surface area contributed by atoms with Crippen molar-refractivity contribution in [3.8, 4) is 22.6 Å². The maximum atomic E-state index is 11.6. The number of fused-ring (bicyclic) bond motifs is 1. The molecule has 0 radical (unpaired) electrons. The third-order valence-corrected chi connectivity index (χ3v) is 3.61. The Hall–Kier alpha value is -2.75. The van der Waals surface area contributed by atoms with E-state index in [4.69, 9.17) is 13.9 Å². The largest absolute Gasteiger partial charge is 0.496 e. The molecule has 1 heterocycles. The zero-order valence-electron chi connectivity index (χ0n) is 12.7. The number of carbonyl (C=O) groups excluding carboxylic acids is 1. The van der Waals surface area contributed by atoms with Crippen molar-refractivity contribution in [2.75, 3.05) is 14.2 Å². The lowest BCUT2D eigenvalue weighted by molar-refractivity contribution is 0.0989. The smallest absolute Gasteiger partial charge is 0.194 e. The predicted molar refractivity (Wildman–Crippen MR) is 84.8 cm³/mol. The second-order valence-corrected chi connectivity index (χ2v) is 4.93. The zero-order chi connectivity index (χ0) is 15.7. The van der Waals surface area contributed by atoms with Crippen molar-refractivity contribution in [1.29, 1.82) is 0 Å². The van der Waals surface area contributed by atoms with Crippen molar-refractivity contribution < 1.29 is 18.7 Å². The van der Waals surface area contributed by atoms with Gasteiger partial charge in [-0.25, -0.2) is 0 Å². The van der Waals surface area contributed by atoms with Gasteiger partial charge in [0.15, 0.2) is 22.9 Å². The van der Waals surface area contributed by atoms with E-state index in [0.29, 0.717) is 17.1 Å². The van der Waals surface area contributed by atoms with Crippen LogP contribution < -0.4 is 9.47 Å². The summed E-state index contributed by atoms with van der Waals surface area (Å²) in [5.74, 6) is 1.56. The monoisotopic (exact) mass is 296 g/mol. The van der Waals surface area contributed by atoms with Crippen LogP contribution >= 0.6 is 0 Å². The molecule has 22 heavy (non-hydrogen) atoms. The van der Waals surface area contributed by atoms with E-state index in [-0.39, 0.29) is 5.78 Å². The first-order valence-corrected chi connectivity index (χ1v) is 6.90. The fourth-order valence-electron chi connectivity index (χ4n) is 2.53. The van der Waals surface area contributed by atoms with E-state index < -0.39 is 0 Å². The third-order valence-electron chi connectivity index (χ3n) is 3.61. The molecule has 0 bridgehead atoms. The van der Waals surface area contributed by atoms with Crippen LogP contribution in [0.4, 0.5) is 0 Å². The topological polar surface area (TPSA) is 48.7 Å². The Morgan fingerprint density at radius 3 is 2.36 bits per heavy atom. The van der Waals surface area contributed by atoms with Crippen molar-refractivity contribution in [2.24, 2.45) is 0 Å². The predicted octanol–water partition coefficient (Wildman–Crippen LogP) is 4.32. The van der Waals surface area contributed by atoms with E-state index in [0.717, 1.165) is 22.3 Å². The van der Waals surface area contributed by atoms with Crippen LogP contribution in [0.2, 0.25) is 0 Å². The van der Waals surface area contributed by atoms with E-state index in [2.05, 4.69) is 0 Å². The fourth-order valence-corrected chi connectivity index (χ4v) is 2.53. The first-order valence-electron chi connectivity index (χ1n) is 6.90. The molecule has 0 aliphatic carbocycles. The summed E-state index contributed by atoms with van der Waals surface area (Å²) in [6.45, 7) is 1.48. The molecule has 3 aromatic rings. The summed E-state index contributed by atoms with van der Waals surface area (Å²) in [5.41, 5.74) is 2.44. The highest BCUT2D eigenvalue weighted by Gasteiger charge is 2.17. The molecule has 0 aliphatic heterocycles. The number of hydrogen-bond donors (Lipinski definition) is 0. The van der Waals surface area contributed by atoms with E-state index in [1.54, 1.807) is 20.3 Å². The molecule has 0 atom stereocenters. The molecule has 0 unspecified atom stereocenters. The van der Waals surface area contributed by atoms with Crippen LogP contribution in [-0.4, -0.2) is 20.0 Å². The van der Waals surface area contributed by atoms with E-state index in [1.165, 1.54) is 6.92 Å². The van der Waals surface area contributed by atoms with Gasteiger partial charge in [0.05, 0.1) is 14.2 Å². The number of rotatable bonds is 4. The summed E-state index contributed by atoms with van der Waals surface area (Å²) in [4.78, 5) is 11.6. The van der Waals surface area contributed by atoms with E-state index >= 15 is 0 Å². The normalized spacial score (nSPS) is 10.7. The summed E-state index contributed by atoms with van der Waals surface area (Å²) in [7, 11) is 3.21. The Morgan fingerprint density at radius 1 is 0.955 bits per heavy atom. The molecular weight excluding hydrogens is 280 g/mol. The lowest BCUT2D eigenvalue weighted by atomic mass is 10.00. The minimum Gasteiger partial charge on any atom is -0.496 e. The van der Waals surface area contributed by atoms with Gasteiger partial charge in [0.25, 0.3) is 0 Å². The molecule has 0 amide bonds. The Balaban J connectivity index is 2.33. The molecule has 112 valence electrons. The molecule has 4 heteroatoms. The van der Waals surface area contributed by atoms with Gasteiger partial charge in [-0.15, -0.1) is 0 Å². The van der Waals surface area contributed by atoms with Gasteiger partial charge in [-0.05, 0) is 29.8 Å². The highest BCUT2D eigenvalue weighted by Crippen LogP contribution is 2.39. The average molecular weight is 296 g/mol. The maximum Gasteiger partial charge on any atom is 0.194 e. The minimum absolute atomic E-state index is 0.121. The first-order chi connectivity index (χ1) is 10.7. The number of para-hydroxylation sites is 1.